The van der Waals surface area contributed by atoms with Crippen LogP contribution in [0.5, 0.6) is 5.75 Å². The topological polar surface area (TPSA) is 62.7 Å². The van der Waals surface area contributed by atoms with Gasteiger partial charge in [-0.2, -0.15) is 0 Å². The molecule has 1 aliphatic heterocycles. The van der Waals surface area contributed by atoms with E-state index in [1.807, 2.05) is 31.3 Å². The summed E-state index contributed by atoms with van der Waals surface area (Å²) < 4.78 is 32.7. The number of anilines is 2. The highest BCUT2D eigenvalue weighted by Gasteiger charge is 2.35. The zero-order chi connectivity index (χ0) is 24.7. The third-order valence-electron chi connectivity index (χ3n) is 6.42. The number of benzene rings is 2. The average Bonchev–Trinajstić information content (AvgIpc) is 3.64. The molecule has 8 heteroatoms. The molecule has 1 aliphatic carbocycles. The zero-order valence-corrected chi connectivity index (χ0v) is 19.5. The molecule has 0 spiro atoms. The van der Waals surface area contributed by atoms with Crippen molar-refractivity contribution in [2.45, 2.75) is 39.2 Å². The van der Waals surface area contributed by atoms with Gasteiger partial charge in [0.1, 0.15) is 5.82 Å². The van der Waals surface area contributed by atoms with Gasteiger partial charge in [0.2, 0.25) is 5.91 Å². The minimum Gasteiger partial charge on any atom is -0.407 e. The Morgan fingerprint density at radius 3 is 2.46 bits per heavy atom. The Morgan fingerprint density at radius 1 is 1.03 bits per heavy atom. The highest BCUT2D eigenvalue weighted by molar-refractivity contribution is 6.03. The van der Waals surface area contributed by atoms with E-state index in [0.29, 0.717) is 17.4 Å². The molecule has 1 aromatic heterocycles. The van der Waals surface area contributed by atoms with Crippen LogP contribution in [0.3, 0.4) is 0 Å². The van der Waals surface area contributed by atoms with E-state index in [2.05, 4.69) is 4.98 Å². The minimum atomic E-state index is -0.972. The minimum absolute atomic E-state index is 0.149. The van der Waals surface area contributed by atoms with Crippen LogP contribution < -0.4 is 14.5 Å². The highest BCUT2D eigenvalue weighted by Crippen LogP contribution is 2.39. The molecule has 0 N–H and O–H groups in total. The molecule has 1 atom stereocenters. The number of carbonyl (C=O) groups excluding carboxylic acids is 2. The summed E-state index contributed by atoms with van der Waals surface area (Å²) in [6, 6.07) is 11.9. The number of ether oxygens (including phenoxy) is 1. The van der Waals surface area contributed by atoms with Crippen molar-refractivity contribution in [2.75, 3.05) is 16.3 Å². The van der Waals surface area contributed by atoms with Crippen LogP contribution in [0.15, 0.2) is 54.7 Å². The number of hydrogen-bond donors (Lipinski definition) is 0. The van der Waals surface area contributed by atoms with E-state index in [0.717, 1.165) is 41.3 Å². The highest BCUT2D eigenvalue weighted by atomic mass is 19.1. The molecule has 0 unspecified atom stereocenters. The molecule has 0 radical (unpaired) electrons. The number of aromatic nitrogens is 1. The fourth-order valence-corrected chi connectivity index (χ4v) is 4.50. The smallest absolute Gasteiger partial charge is 0.407 e. The molecule has 35 heavy (non-hydrogen) atoms. The maximum atomic E-state index is 14.1. The number of pyridine rings is 1. The predicted molar refractivity (Wildman–Crippen MR) is 128 cm³/mol. The molecule has 2 aliphatic rings. The van der Waals surface area contributed by atoms with Crippen molar-refractivity contribution < 1.29 is 23.1 Å². The first kappa shape index (κ1) is 23.0. The fourth-order valence-electron chi connectivity index (χ4n) is 4.50. The van der Waals surface area contributed by atoms with Gasteiger partial charge in [-0.15, -0.1) is 0 Å². The summed E-state index contributed by atoms with van der Waals surface area (Å²) in [4.78, 5) is 33.1. The van der Waals surface area contributed by atoms with Crippen LogP contribution in [0.2, 0.25) is 0 Å². The Balaban J connectivity index is 1.49. The van der Waals surface area contributed by atoms with Gasteiger partial charge in [-0.3, -0.25) is 14.7 Å². The molecule has 0 saturated heterocycles. The van der Waals surface area contributed by atoms with Gasteiger partial charge < -0.3 is 9.64 Å². The average molecular weight is 478 g/mol. The second-order valence-corrected chi connectivity index (χ2v) is 9.18. The molecule has 5 rings (SSSR count). The van der Waals surface area contributed by atoms with Gasteiger partial charge in [-0.05, 0) is 68.0 Å². The maximum Gasteiger partial charge on any atom is 0.419 e. The summed E-state index contributed by atoms with van der Waals surface area (Å²) in [7, 11) is 0. The van der Waals surface area contributed by atoms with E-state index in [4.69, 9.17) is 4.74 Å². The lowest BCUT2D eigenvalue weighted by Gasteiger charge is -2.40. The summed E-state index contributed by atoms with van der Waals surface area (Å²) in [6.45, 7) is 3.44. The summed E-state index contributed by atoms with van der Waals surface area (Å²) in [5.41, 5.74) is 3.76. The zero-order valence-electron chi connectivity index (χ0n) is 19.5. The SMILES string of the molecule is CC(=O)N1c2ccc(-c3ccc(CC4CC4)nc3)cc2N(C(=O)Oc2ccc(F)cc2F)C[C@@H]1C. The van der Waals surface area contributed by atoms with Crippen molar-refractivity contribution in [2.24, 2.45) is 5.92 Å². The van der Waals surface area contributed by atoms with Crippen LogP contribution >= 0.6 is 0 Å². The number of carbonyl (C=O) groups is 2. The lowest BCUT2D eigenvalue weighted by molar-refractivity contribution is -0.117. The van der Waals surface area contributed by atoms with Crippen molar-refractivity contribution in [1.82, 2.24) is 4.98 Å². The molecule has 1 saturated carbocycles. The predicted octanol–water partition coefficient (Wildman–Crippen LogP) is 5.74. The van der Waals surface area contributed by atoms with Crippen LogP contribution in [-0.4, -0.2) is 29.6 Å². The number of rotatable bonds is 4. The lowest BCUT2D eigenvalue weighted by atomic mass is 10.0. The Bertz CT molecular complexity index is 1290. The Morgan fingerprint density at radius 2 is 1.80 bits per heavy atom. The largest absolute Gasteiger partial charge is 0.419 e. The van der Waals surface area contributed by atoms with Crippen LogP contribution in [0, 0.1) is 17.6 Å². The number of halogens is 2. The van der Waals surface area contributed by atoms with Gasteiger partial charge in [0, 0.05) is 37.0 Å². The standard InChI is InChI=1S/C27H25F2N3O3/c1-16-15-31(27(34)35-26-10-7-21(28)13-23(26)29)25-12-19(6-9-24(25)32(16)17(2)33)20-5-8-22(30-14-20)11-18-3-4-18/h5-10,12-14,16,18H,3-4,11,15H2,1-2H3/t16-/m0/s1. The third kappa shape index (κ3) is 4.73. The van der Waals surface area contributed by atoms with Crippen LogP contribution in [-0.2, 0) is 11.2 Å². The van der Waals surface area contributed by atoms with Gasteiger partial charge in [0.05, 0.1) is 17.4 Å². The fraction of sp³-hybridized carbons (Fsp3) is 0.296. The van der Waals surface area contributed by atoms with Gasteiger partial charge in [-0.1, -0.05) is 12.1 Å². The summed E-state index contributed by atoms with van der Waals surface area (Å²) in [5.74, 6) is -1.53. The summed E-state index contributed by atoms with van der Waals surface area (Å²) >= 11 is 0. The van der Waals surface area contributed by atoms with E-state index >= 15 is 0 Å². The molecule has 1 fully saturated rings. The molecule has 2 aromatic carbocycles. The number of hydrogen-bond acceptors (Lipinski definition) is 4. The Hall–Kier alpha value is -3.81. The van der Waals surface area contributed by atoms with Crippen molar-refractivity contribution in [3.8, 4) is 16.9 Å². The second-order valence-electron chi connectivity index (χ2n) is 9.18. The van der Waals surface area contributed by atoms with Gasteiger partial charge in [-0.25, -0.2) is 13.6 Å². The quantitative estimate of drug-likeness (QED) is 0.481. The summed E-state index contributed by atoms with van der Waals surface area (Å²) in [6.07, 6.45) is 4.49. The lowest BCUT2D eigenvalue weighted by Crippen LogP contribution is -2.52. The third-order valence-corrected chi connectivity index (χ3v) is 6.42. The monoisotopic (exact) mass is 477 g/mol. The molecule has 3 aromatic rings. The van der Waals surface area contributed by atoms with Gasteiger partial charge >= 0.3 is 6.09 Å². The molecular formula is C27H25F2N3O3. The van der Waals surface area contributed by atoms with Crippen molar-refractivity contribution >= 4 is 23.4 Å². The number of amides is 2. The second kappa shape index (κ2) is 9.09. The first-order valence-corrected chi connectivity index (χ1v) is 11.6. The van der Waals surface area contributed by atoms with Crippen LogP contribution in [0.25, 0.3) is 11.1 Å². The van der Waals surface area contributed by atoms with E-state index < -0.39 is 17.7 Å². The summed E-state index contributed by atoms with van der Waals surface area (Å²) in [5, 5.41) is 0. The van der Waals surface area contributed by atoms with Crippen LogP contribution in [0.4, 0.5) is 25.0 Å². The van der Waals surface area contributed by atoms with Gasteiger partial charge in [0.25, 0.3) is 0 Å². The van der Waals surface area contributed by atoms with Crippen molar-refractivity contribution in [3.63, 3.8) is 0 Å². The Labute approximate surface area is 202 Å². The maximum absolute atomic E-state index is 14.1. The molecular weight excluding hydrogens is 452 g/mol. The molecule has 180 valence electrons. The first-order valence-electron chi connectivity index (χ1n) is 11.6. The molecule has 0 bridgehead atoms. The number of nitrogens with zero attached hydrogens (tertiary/aromatic N) is 3. The molecule has 6 nitrogen and oxygen atoms in total. The van der Waals surface area contributed by atoms with Gasteiger partial charge in [0.15, 0.2) is 11.6 Å². The number of fused-ring (bicyclic) bond motifs is 1. The van der Waals surface area contributed by atoms with Crippen molar-refractivity contribution in [3.05, 3.63) is 72.1 Å². The van der Waals surface area contributed by atoms with Crippen LogP contribution in [0.1, 0.15) is 32.4 Å². The Kier molecular flexibility index (Phi) is 5.96. The van der Waals surface area contributed by atoms with E-state index in [1.54, 1.807) is 17.0 Å². The van der Waals surface area contributed by atoms with E-state index in [-0.39, 0.29) is 24.2 Å². The first-order chi connectivity index (χ1) is 16.8. The van der Waals surface area contributed by atoms with Crippen molar-refractivity contribution in [1.29, 1.82) is 0 Å². The van der Waals surface area contributed by atoms with E-state index in [1.165, 1.54) is 24.7 Å². The normalized spacial score (nSPS) is 17.2. The molecule has 2 heterocycles. The molecule has 2 amide bonds. The van der Waals surface area contributed by atoms with E-state index in [9.17, 15) is 18.4 Å².